The van der Waals surface area contributed by atoms with Crippen LogP contribution in [-0.4, -0.2) is 34.6 Å². The lowest BCUT2D eigenvalue weighted by molar-refractivity contribution is 0.310. The van der Waals surface area contributed by atoms with Crippen LogP contribution in [0.3, 0.4) is 0 Å². The molecule has 0 amide bonds. The molecule has 2 atom stereocenters. The monoisotopic (exact) mass is 349 g/mol. The van der Waals surface area contributed by atoms with Gasteiger partial charge in [0, 0.05) is 19.6 Å². The Morgan fingerprint density at radius 1 is 1.35 bits per heavy atom. The molecule has 1 saturated heterocycles. The maximum atomic E-state index is 12.4. The number of nitrogens with zero attached hydrogens (tertiary/aromatic N) is 1. The van der Waals surface area contributed by atoms with E-state index in [9.17, 15) is 8.76 Å². The van der Waals surface area contributed by atoms with Crippen LogP contribution in [0.5, 0.6) is 0 Å². The molecule has 122 valence electrons. The van der Waals surface area contributed by atoms with E-state index in [1.165, 1.54) is 5.56 Å². The number of fused-ring (bicyclic) bond motifs is 1. The quantitative estimate of drug-likeness (QED) is 0.817. The van der Waals surface area contributed by atoms with Crippen molar-refractivity contribution >= 4 is 27.4 Å². The number of sulfonamides is 1. The zero-order valence-corrected chi connectivity index (χ0v) is 14.3. The van der Waals surface area contributed by atoms with E-state index in [0.29, 0.717) is 17.1 Å². The molecule has 0 radical (unpaired) electrons. The van der Waals surface area contributed by atoms with Gasteiger partial charge in [-0.05, 0) is 40.9 Å². The molecule has 0 aliphatic carbocycles. The predicted octanol–water partition coefficient (Wildman–Crippen LogP) is 2.31. The van der Waals surface area contributed by atoms with Gasteiger partial charge in [-0.15, -0.1) is 4.72 Å². The largest absolute Gasteiger partial charge is 0.593 e. The number of rotatable bonds is 2. The Morgan fingerprint density at radius 3 is 3.04 bits per heavy atom. The lowest BCUT2D eigenvalue weighted by Gasteiger charge is -2.29. The van der Waals surface area contributed by atoms with Crippen molar-refractivity contribution in [1.82, 2.24) is 9.62 Å². The molecular formula is C16H19N3O2S2. The number of nitrogens with one attached hydrogen (secondary N) is 2. The van der Waals surface area contributed by atoms with E-state index in [1.54, 1.807) is 23.5 Å². The van der Waals surface area contributed by atoms with E-state index in [2.05, 4.69) is 31.8 Å². The van der Waals surface area contributed by atoms with E-state index < -0.39 is 10.4 Å². The molecule has 5 nitrogen and oxygen atoms in total. The number of hydrogen-bond acceptors (Lipinski definition) is 5. The molecular weight excluding hydrogens is 330 g/mol. The van der Waals surface area contributed by atoms with Crippen LogP contribution in [0.25, 0.3) is 0 Å². The van der Waals surface area contributed by atoms with E-state index in [4.69, 9.17) is 0 Å². The molecule has 7 heteroatoms. The summed E-state index contributed by atoms with van der Waals surface area (Å²) >= 11 is 1.71. The zero-order chi connectivity index (χ0) is 15.9. The van der Waals surface area contributed by atoms with Crippen molar-refractivity contribution in [1.29, 1.82) is 0 Å². The van der Waals surface area contributed by atoms with Crippen LogP contribution in [0.1, 0.15) is 12.0 Å². The van der Waals surface area contributed by atoms with Gasteiger partial charge in [0.15, 0.2) is 15.3 Å². The summed E-state index contributed by atoms with van der Waals surface area (Å²) in [5.41, 5.74) is 1.78. The molecule has 2 aliphatic rings. The van der Waals surface area contributed by atoms with Gasteiger partial charge in [0.05, 0.1) is 17.8 Å². The average molecular weight is 349 g/mol. The lowest BCUT2D eigenvalue weighted by Crippen LogP contribution is -2.49. The highest BCUT2D eigenvalue weighted by Crippen LogP contribution is 2.34. The van der Waals surface area contributed by atoms with Crippen molar-refractivity contribution in [3.8, 4) is 0 Å². The first-order valence-corrected chi connectivity index (χ1v) is 10.1. The Morgan fingerprint density at radius 2 is 2.22 bits per heavy atom. The third-order valence-corrected chi connectivity index (χ3v) is 6.79. The Labute approximate surface area is 141 Å². The summed E-state index contributed by atoms with van der Waals surface area (Å²) in [4.78, 5) is 2.73. The topological polar surface area (TPSA) is 67.4 Å². The van der Waals surface area contributed by atoms with E-state index in [1.807, 2.05) is 12.1 Å². The Bertz CT molecular complexity index is 750. The standard InChI is InChI=1S/C16H19N3O2S2/c20-23(21)15-4-2-1-3-14(15)18-16(11-17-23)6-7-19(12-16)9-13-5-8-22-10-13/h1-5,8,10,18H,6-7,9,11-12H2,(H-,17,20,21). The molecule has 1 aromatic carbocycles. The summed E-state index contributed by atoms with van der Waals surface area (Å²) in [5.74, 6) is 0. The van der Waals surface area contributed by atoms with E-state index in [-0.39, 0.29) is 5.54 Å². The molecule has 1 aromatic heterocycles. The van der Waals surface area contributed by atoms with Crippen molar-refractivity contribution < 1.29 is 8.76 Å². The highest BCUT2D eigenvalue weighted by molar-refractivity contribution is 7.96. The second-order valence-electron chi connectivity index (χ2n) is 6.32. The first kappa shape index (κ1) is 15.3. The number of anilines is 1. The van der Waals surface area contributed by atoms with Crippen molar-refractivity contribution in [3.05, 3.63) is 46.7 Å². The van der Waals surface area contributed by atoms with Crippen LogP contribution in [0, 0.1) is 0 Å². The fourth-order valence-electron chi connectivity index (χ4n) is 3.43. The SMILES string of the molecule is O=[S+]1([O-])NCC2(CCN(Cc3ccsc3)C2)Nc2ccccc21. The Balaban J connectivity index is 1.57. The van der Waals surface area contributed by atoms with Crippen LogP contribution in [0.15, 0.2) is 46.0 Å². The van der Waals surface area contributed by atoms with Gasteiger partial charge in [-0.3, -0.25) is 4.90 Å². The Hall–Kier alpha value is -1.25. The number of benzene rings is 1. The zero-order valence-electron chi connectivity index (χ0n) is 12.7. The third kappa shape index (κ3) is 2.95. The third-order valence-electron chi connectivity index (χ3n) is 4.60. The second-order valence-corrected chi connectivity index (χ2v) is 8.83. The molecule has 2 aromatic rings. The van der Waals surface area contributed by atoms with Gasteiger partial charge in [0.1, 0.15) is 0 Å². The maximum Gasteiger partial charge on any atom is 0.198 e. The van der Waals surface area contributed by atoms with Gasteiger partial charge in [-0.1, -0.05) is 16.3 Å². The number of hydrogen-bond donors (Lipinski definition) is 2. The highest BCUT2D eigenvalue weighted by atomic mass is 32.3. The molecule has 4 rings (SSSR count). The molecule has 0 saturated carbocycles. The second kappa shape index (κ2) is 5.68. The fraction of sp³-hybridized carbons (Fsp3) is 0.375. The van der Waals surface area contributed by atoms with E-state index in [0.717, 1.165) is 26.1 Å². The first-order valence-electron chi connectivity index (χ1n) is 7.67. The highest BCUT2D eigenvalue weighted by Gasteiger charge is 2.43. The van der Waals surface area contributed by atoms with Crippen molar-refractivity contribution in [2.24, 2.45) is 0 Å². The molecule has 23 heavy (non-hydrogen) atoms. The predicted molar refractivity (Wildman–Crippen MR) is 92.1 cm³/mol. The van der Waals surface area contributed by atoms with Crippen molar-refractivity contribution in [2.75, 3.05) is 25.0 Å². The van der Waals surface area contributed by atoms with E-state index >= 15 is 0 Å². The van der Waals surface area contributed by atoms with Crippen LogP contribution in [0.2, 0.25) is 0 Å². The summed E-state index contributed by atoms with van der Waals surface area (Å²) in [6.45, 7) is 3.14. The van der Waals surface area contributed by atoms with Crippen LogP contribution < -0.4 is 10.0 Å². The molecule has 1 fully saturated rings. The van der Waals surface area contributed by atoms with Crippen LogP contribution >= 0.6 is 11.3 Å². The number of likely N-dealkylation sites (tertiary alicyclic amines) is 1. The van der Waals surface area contributed by atoms with Gasteiger partial charge in [0.25, 0.3) is 0 Å². The van der Waals surface area contributed by atoms with Gasteiger partial charge in [-0.25, -0.2) is 0 Å². The molecule has 2 aliphatic heterocycles. The average Bonchev–Trinajstić information content (AvgIpc) is 3.15. The van der Waals surface area contributed by atoms with Crippen molar-refractivity contribution in [3.63, 3.8) is 0 Å². The summed E-state index contributed by atoms with van der Waals surface area (Å²) in [7, 11) is -3.44. The van der Waals surface area contributed by atoms with Crippen LogP contribution in [-0.2, 0) is 21.2 Å². The van der Waals surface area contributed by atoms with Crippen molar-refractivity contribution in [2.45, 2.75) is 23.4 Å². The molecule has 0 bridgehead atoms. The minimum Gasteiger partial charge on any atom is -0.593 e. The van der Waals surface area contributed by atoms with Crippen LogP contribution in [0.4, 0.5) is 5.69 Å². The lowest BCUT2D eigenvalue weighted by atomic mass is 9.98. The fourth-order valence-corrected chi connectivity index (χ4v) is 5.37. The molecule has 3 heterocycles. The van der Waals surface area contributed by atoms with Gasteiger partial charge in [0.2, 0.25) is 0 Å². The summed E-state index contributed by atoms with van der Waals surface area (Å²) in [6.07, 6.45) is 0.925. The number of thiophene rings is 1. The minimum absolute atomic E-state index is 0.240. The summed E-state index contributed by atoms with van der Waals surface area (Å²) in [5, 5.41) is 7.78. The van der Waals surface area contributed by atoms with Gasteiger partial charge < -0.3 is 9.87 Å². The normalized spacial score (nSPS) is 30.8. The van der Waals surface area contributed by atoms with Gasteiger partial charge in [-0.2, -0.15) is 11.3 Å². The van der Waals surface area contributed by atoms with Gasteiger partial charge >= 0.3 is 0 Å². The number of para-hydroxylation sites is 1. The maximum absolute atomic E-state index is 12.4. The molecule has 1 spiro atoms. The minimum atomic E-state index is -3.44. The summed E-state index contributed by atoms with van der Waals surface area (Å²) < 4.78 is 27.6. The Kier molecular flexibility index (Phi) is 3.78. The molecule has 2 unspecified atom stereocenters. The first-order chi connectivity index (χ1) is 11.1. The smallest absolute Gasteiger partial charge is 0.198 e. The summed E-state index contributed by atoms with van der Waals surface area (Å²) in [6, 6.07) is 9.28. The molecule has 2 N–H and O–H groups in total.